The van der Waals surface area contributed by atoms with E-state index >= 15 is 0 Å². The molecule has 2 aromatic heterocycles. The molecular formula is C20H21N3O4S. The van der Waals surface area contributed by atoms with Gasteiger partial charge in [-0.05, 0) is 43.0 Å². The Morgan fingerprint density at radius 3 is 2.82 bits per heavy atom. The van der Waals surface area contributed by atoms with E-state index in [0.29, 0.717) is 25.8 Å². The van der Waals surface area contributed by atoms with Crippen LogP contribution in [0.4, 0.5) is 0 Å². The average Bonchev–Trinajstić information content (AvgIpc) is 3.00. The summed E-state index contributed by atoms with van der Waals surface area (Å²) in [6.45, 7) is 0.414. The monoisotopic (exact) mass is 399 g/mol. The molecule has 0 fully saturated rings. The minimum atomic E-state index is -3.63. The Labute approximate surface area is 163 Å². The maximum Gasteiger partial charge on any atom is 0.305 e. The van der Waals surface area contributed by atoms with Gasteiger partial charge in [-0.3, -0.25) is 9.78 Å². The Hall–Kier alpha value is -2.71. The highest BCUT2D eigenvalue weighted by Gasteiger charge is 2.28. The summed E-state index contributed by atoms with van der Waals surface area (Å²) in [5.74, 6) is -0.829. The zero-order valence-electron chi connectivity index (χ0n) is 15.2. The maximum absolute atomic E-state index is 12.6. The Morgan fingerprint density at radius 1 is 1.25 bits per heavy atom. The number of carboxylic acid groups (broad SMARTS) is 1. The molecule has 2 N–H and O–H groups in total. The van der Waals surface area contributed by atoms with Crippen LogP contribution in [0.5, 0.6) is 0 Å². The number of nitrogens with one attached hydrogen (secondary N) is 1. The zero-order chi connectivity index (χ0) is 19.7. The second-order valence-electron chi connectivity index (χ2n) is 6.99. The fourth-order valence-corrected chi connectivity index (χ4v) is 5.19. The first-order valence-electron chi connectivity index (χ1n) is 9.19. The molecule has 28 heavy (non-hydrogen) atoms. The van der Waals surface area contributed by atoms with Gasteiger partial charge < -0.3 is 9.67 Å². The van der Waals surface area contributed by atoms with Gasteiger partial charge in [0, 0.05) is 41.6 Å². The summed E-state index contributed by atoms with van der Waals surface area (Å²) in [5.41, 5.74) is 3.22. The molecule has 0 saturated carbocycles. The molecule has 3 aromatic rings. The summed E-state index contributed by atoms with van der Waals surface area (Å²) < 4.78 is 30.2. The van der Waals surface area contributed by atoms with E-state index in [1.165, 1.54) is 18.5 Å². The number of carbonyl (C=O) groups is 1. The molecule has 1 aromatic carbocycles. The quantitative estimate of drug-likeness (QED) is 0.663. The number of aryl methyl sites for hydroxylation is 1. The normalized spacial score (nSPS) is 16.8. The molecule has 0 saturated heterocycles. The van der Waals surface area contributed by atoms with Crippen molar-refractivity contribution in [3.63, 3.8) is 0 Å². The molecule has 2 heterocycles. The summed E-state index contributed by atoms with van der Waals surface area (Å²) in [4.78, 5) is 15.1. The number of hydrogen-bond donors (Lipinski definition) is 2. The highest BCUT2D eigenvalue weighted by atomic mass is 32.2. The minimum absolute atomic E-state index is 0.0577. The number of carboxylic acids is 1. The molecule has 7 nitrogen and oxygen atoms in total. The minimum Gasteiger partial charge on any atom is -0.481 e. The van der Waals surface area contributed by atoms with Crippen LogP contribution in [-0.4, -0.2) is 35.1 Å². The number of fused-ring (bicyclic) bond motifs is 3. The first-order chi connectivity index (χ1) is 13.5. The fourth-order valence-electron chi connectivity index (χ4n) is 3.96. The maximum atomic E-state index is 12.6. The van der Waals surface area contributed by atoms with Crippen molar-refractivity contribution in [1.82, 2.24) is 14.3 Å². The van der Waals surface area contributed by atoms with Crippen molar-refractivity contribution in [1.29, 1.82) is 0 Å². The third kappa shape index (κ3) is 3.53. The molecule has 146 valence electrons. The molecular weight excluding hydrogens is 378 g/mol. The number of hydrogen-bond acceptors (Lipinski definition) is 4. The van der Waals surface area contributed by atoms with E-state index in [2.05, 4.69) is 14.3 Å². The topological polar surface area (TPSA) is 101 Å². The standard InChI is InChI=1S/C20H21N3O4S/c24-20(25)9-11-23-18-6-2-1-5-16(18)17-12-14(7-8-19(17)23)22-28(26,27)15-4-3-10-21-13-15/h1-6,10,13-14,22H,7-9,11-12H2,(H,24,25)/t14-/m1/s1. The van der Waals surface area contributed by atoms with Crippen LogP contribution in [0.2, 0.25) is 0 Å². The van der Waals surface area contributed by atoms with Crippen LogP contribution in [0, 0.1) is 0 Å². The first kappa shape index (κ1) is 18.6. The smallest absolute Gasteiger partial charge is 0.305 e. The van der Waals surface area contributed by atoms with Crippen LogP contribution < -0.4 is 4.72 Å². The number of rotatable bonds is 6. The lowest BCUT2D eigenvalue weighted by molar-refractivity contribution is -0.137. The van der Waals surface area contributed by atoms with Crippen LogP contribution in [0.25, 0.3) is 10.9 Å². The van der Waals surface area contributed by atoms with Crippen molar-refractivity contribution >= 4 is 26.9 Å². The highest BCUT2D eigenvalue weighted by Crippen LogP contribution is 2.33. The number of nitrogens with zero attached hydrogens (tertiary/aromatic N) is 2. The molecule has 1 aliphatic carbocycles. The van der Waals surface area contributed by atoms with Gasteiger partial charge in [-0.15, -0.1) is 0 Å². The molecule has 0 unspecified atom stereocenters. The molecule has 1 atom stereocenters. The van der Waals surface area contributed by atoms with Gasteiger partial charge in [0.1, 0.15) is 4.90 Å². The number of benzene rings is 1. The SMILES string of the molecule is O=C(O)CCn1c2c(c3ccccc31)C[C@H](NS(=O)(=O)c1cccnc1)CC2. The van der Waals surface area contributed by atoms with E-state index in [-0.39, 0.29) is 17.4 Å². The predicted octanol–water partition coefficient (Wildman–Crippen LogP) is 2.35. The van der Waals surface area contributed by atoms with Crippen molar-refractivity contribution in [3.05, 3.63) is 60.0 Å². The highest BCUT2D eigenvalue weighted by molar-refractivity contribution is 7.89. The van der Waals surface area contributed by atoms with Crippen LogP contribution >= 0.6 is 0 Å². The third-order valence-electron chi connectivity index (χ3n) is 5.19. The van der Waals surface area contributed by atoms with Crippen LogP contribution in [0.15, 0.2) is 53.7 Å². The van der Waals surface area contributed by atoms with Gasteiger partial charge in [0.15, 0.2) is 0 Å². The van der Waals surface area contributed by atoms with E-state index in [1.807, 2.05) is 24.3 Å². The number of pyridine rings is 1. The van der Waals surface area contributed by atoms with Gasteiger partial charge in [-0.2, -0.15) is 0 Å². The lowest BCUT2D eigenvalue weighted by Gasteiger charge is -2.25. The molecule has 0 amide bonds. The lowest BCUT2D eigenvalue weighted by Crippen LogP contribution is -2.39. The fraction of sp³-hybridized carbons (Fsp3) is 0.300. The van der Waals surface area contributed by atoms with Crippen molar-refractivity contribution in [2.24, 2.45) is 0 Å². The Kier molecular flexibility index (Phi) is 4.91. The molecule has 8 heteroatoms. The van der Waals surface area contributed by atoms with E-state index in [4.69, 9.17) is 5.11 Å². The molecule has 0 spiro atoms. The summed E-state index contributed by atoms with van der Waals surface area (Å²) in [6, 6.07) is 10.8. The summed E-state index contributed by atoms with van der Waals surface area (Å²) in [5, 5.41) is 10.1. The lowest BCUT2D eigenvalue weighted by atomic mass is 9.92. The van der Waals surface area contributed by atoms with Gasteiger partial charge in [0.2, 0.25) is 10.0 Å². The number of aliphatic carboxylic acids is 1. The molecule has 1 aliphatic rings. The first-order valence-corrected chi connectivity index (χ1v) is 10.7. The van der Waals surface area contributed by atoms with Crippen molar-refractivity contribution in [3.8, 4) is 0 Å². The Morgan fingerprint density at radius 2 is 2.07 bits per heavy atom. The van der Waals surface area contributed by atoms with Crippen LogP contribution in [-0.2, 0) is 34.2 Å². The summed E-state index contributed by atoms with van der Waals surface area (Å²) >= 11 is 0. The van der Waals surface area contributed by atoms with E-state index < -0.39 is 16.0 Å². The number of sulfonamides is 1. The van der Waals surface area contributed by atoms with Crippen LogP contribution in [0.1, 0.15) is 24.1 Å². The van der Waals surface area contributed by atoms with Gasteiger partial charge in [0.05, 0.1) is 6.42 Å². The van der Waals surface area contributed by atoms with Crippen molar-refractivity contribution in [2.75, 3.05) is 0 Å². The van der Waals surface area contributed by atoms with Crippen molar-refractivity contribution in [2.45, 2.75) is 43.2 Å². The Bertz CT molecular complexity index is 1120. The van der Waals surface area contributed by atoms with Gasteiger partial charge >= 0.3 is 5.97 Å². The molecule has 0 bridgehead atoms. The summed E-state index contributed by atoms with van der Waals surface area (Å²) in [6.07, 6.45) is 4.88. The van der Waals surface area contributed by atoms with Gasteiger partial charge in [0.25, 0.3) is 0 Å². The number of para-hydroxylation sites is 1. The van der Waals surface area contributed by atoms with Crippen LogP contribution in [0.3, 0.4) is 0 Å². The third-order valence-corrected chi connectivity index (χ3v) is 6.70. The van der Waals surface area contributed by atoms with Gasteiger partial charge in [-0.1, -0.05) is 18.2 Å². The van der Waals surface area contributed by atoms with Gasteiger partial charge in [-0.25, -0.2) is 13.1 Å². The van der Waals surface area contributed by atoms with E-state index in [9.17, 15) is 13.2 Å². The second kappa shape index (κ2) is 7.37. The largest absolute Gasteiger partial charge is 0.481 e. The molecule has 4 rings (SSSR count). The molecule has 0 radical (unpaired) electrons. The Balaban J connectivity index is 1.64. The zero-order valence-corrected chi connectivity index (χ0v) is 16.0. The predicted molar refractivity (Wildman–Crippen MR) is 105 cm³/mol. The molecule has 0 aliphatic heterocycles. The average molecular weight is 399 g/mol. The number of aromatic nitrogens is 2. The van der Waals surface area contributed by atoms with Crippen molar-refractivity contribution < 1.29 is 18.3 Å². The van der Waals surface area contributed by atoms with E-state index in [1.54, 1.807) is 6.07 Å². The second-order valence-corrected chi connectivity index (χ2v) is 8.70. The summed E-state index contributed by atoms with van der Waals surface area (Å²) in [7, 11) is -3.63. The van der Waals surface area contributed by atoms with E-state index in [0.717, 1.165) is 22.2 Å².